The van der Waals surface area contributed by atoms with Gasteiger partial charge in [-0.25, -0.2) is 4.68 Å². The minimum absolute atomic E-state index is 0.250. The van der Waals surface area contributed by atoms with E-state index in [0.717, 1.165) is 18.6 Å². The average molecular weight is 289 g/mol. The first kappa shape index (κ1) is 15.0. The average Bonchev–Trinajstić information content (AvgIpc) is 2.95. The fourth-order valence-electron chi connectivity index (χ4n) is 1.72. The van der Waals surface area contributed by atoms with Gasteiger partial charge < -0.3 is 4.74 Å². The second kappa shape index (κ2) is 7.37. The van der Waals surface area contributed by atoms with Crippen LogP contribution in [0.2, 0.25) is 0 Å². The lowest BCUT2D eigenvalue weighted by Gasteiger charge is -2.07. The van der Waals surface area contributed by atoms with Gasteiger partial charge in [0.05, 0.1) is 6.61 Å². The van der Waals surface area contributed by atoms with Crippen molar-refractivity contribution in [2.24, 2.45) is 0 Å². The summed E-state index contributed by atoms with van der Waals surface area (Å²) < 4.78 is 7.07. The zero-order valence-corrected chi connectivity index (χ0v) is 12.2. The summed E-state index contributed by atoms with van der Waals surface area (Å²) in [6.07, 6.45) is 2.11. The van der Waals surface area contributed by atoms with Crippen LogP contribution in [0.15, 0.2) is 24.3 Å². The Kier molecular flexibility index (Phi) is 5.25. The highest BCUT2D eigenvalue weighted by Gasteiger charge is 2.11. The zero-order valence-electron chi connectivity index (χ0n) is 12.2. The fraction of sp³-hybridized carbons (Fsp3) is 0.429. The number of unbranched alkanes of at least 4 members (excludes halogenated alkanes) is 1. The van der Waals surface area contributed by atoms with Gasteiger partial charge in [0.2, 0.25) is 5.95 Å². The molecule has 1 amide bonds. The maximum Gasteiger partial charge on any atom is 0.258 e. The summed E-state index contributed by atoms with van der Waals surface area (Å²) in [7, 11) is 0. The number of anilines is 1. The van der Waals surface area contributed by atoms with E-state index in [1.54, 1.807) is 24.3 Å². The highest BCUT2D eigenvalue weighted by atomic mass is 16.5. The summed E-state index contributed by atoms with van der Waals surface area (Å²) in [6.45, 7) is 5.29. The number of hydrogen-bond acceptors (Lipinski definition) is 5. The molecule has 21 heavy (non-hydrogen) atoms. The molecule has 0 aliphatic heterocycles. The molecule has 7 nitrogen and oxygen atoms in total. The van der Waals surface area contributed by atoms with Crippen LogP contribution in [0.4, 0.5) is 5.95 Å². The van der Waals surface area contributed by atoms with Gasteiger partial charge in [-0.3, -0.25) is 10.1 Å². The van der Waals surface area contributed by atoms with Gasteiger partial charge in [-0.05, 0) is 48.0 Å². The molecule has 2 aromatic rings. The molecule has 0 aliphatic carbocycles. The first-order valence-corrected chi connectivity index (χ1v) is 7.05. The summed E-state index contributed by atoms with van der Waals surface area (Å²) in [5.41, 5.74) is 0.531. The Morgan fingerprint density at radius 2 is 2.05 bits per heavy atom. The second-order valence-electron chi connectivity index (χ2n) is 4.50. The van der Waals surface area contributed by atoms with Crippen molar-refractivity contribution in [1.82, 2.24) is 20.2 Å². The highest BCUT2D eigenvalue weighted by Crippen LogP contribution is 2.13. The number of benzene rings is 1. The molecule has 0 spiro atoms. The molecule has 7 heteroatoms. The van der Waals surface area contributed by atoms with Crippen molar-refractivity contribution >= 4 is 11.9 Å². The molecule has 1 N–H and O–H groups in total. The normalized spacial score (nSPS) is 10.4. The number of aryl methyl sites for hydroxylation is 1. The van der Waals surface area contributed by atoms with Crippen LogP contribution >= 0.6 is 0 Å². The smallest absolute Gasteiger partial charge is 0.258 e. The Labute approximate surface area is 123 Å². The number of hydrogen-bond donors (Lipinski definition) is 1. The van der Waals surface area contributed by atoms with Crippen molar-refractivity contribution in [3.63, 3.8) is 0 Å². The maximum atomic E-state index is 12.1. The molecule has 0 saturated heterocycles. The number of tetrazole rings is 1. The number of carbonyl (C=O) groups excluding carboxylic acids is 1. The lowest BCUT2D eigenvalue weighted by Crippen LogP contribution is -2.16. The quantitative estimate of drug-likeness (QED) is 0.789. The predicted molar refractivity (Wildman–Crippen MR) is 78.3 cm³/mol. The van der Waals surface area contributed by atoms with Gasteiger partial charge in [0.15, 0.2) is 0 Å². The molecule has 1 aromatic carbocycles. The van der Waals surface area contributed by atoms with Crippen LogP contribution in [-0.2, 0) is 6.54 Å². The minimum atomic E-state index is -0.250. The molecular formula is C14H19N5O2. The predicted octanol–water partition coefficient (Wildman–Crippen LogP) is 2.12. The van der Waals surface area contributed by atoms with Gasteiger partial charge in [0.25, 0.3) is 5.91 Å². The lowest BCUT2D eigenvalue weighted by atomic mass is 10.2. The van der Waals surface area contributed by atoms with E-state index in [0.29, 0.717) is 24.7 Å². The van der Waals surface area contributed by atoms with E-state index in [1.807, 2.05) is 6.92 Å². The Hall–Kier alpha value is -2.44. The number of ether oxygens (including phenoxy) is 1. The third kappa shape index (κ3) is 4.01. The number of rotatable bonds is 7. The third-order valence-corrected chi connectivity index (χ3v) is 2.94. The van der Waals surface area contributed by atoms with E-state index < -0.39 is 0 Å². The van der Waals surface area contributed by atoms with E-state index in [1.165, 1.54) is 4.68 Å². The Bertz CT molecular complexity index is 579. The monoisotopic (exact) mass is 289 g/mol. The number of amides is 1. The van der Waals surface area contributed by atoms with Gasteiger partial charge in [0.1, 0.15) is 5.75 Å². The molecule has 2 rings (SSSR count). The van der Waals surface area contributed by atoms with E-state index in [2.05, 4.69) is 27.8 Å². The van der Waals surface area contributed by atoms with Crippen LogP contribution in [0.25, 0.3) is 0 Å². The number of carbonyl (C=O) groups is 1. The molecule has 0 bridgehead atoms. The molecular weight excluding hydrogens is 270 g/mol. The van der Waals surface area contributed by atoms with Crippen LogP contribution in [0.1, 0.15) is 37.0 Å². The summed E-state index contributed by atoms with van der Waals surface area (Å²) in [5.74, 6) is 0.851. The van der Waals surface area contributed by atoms with Crippen LogP contribution in [0, 0.1) is 0 Å². The largest absolute Gasteiger partial charge is 0.494 e. The topological polar surface area (TPSA) is 81.9 Å². The van der Waals surface area contributed by atoms with Gasteiger partial charge in [-0.15, -0.1) is 0 Å². The lowest BCUT2D eigenvalue weighted by molar-refractivity contribution is 0.102. The van der Waals surface area contributed by atoms with Crippen molar-refractivity contribution in [2.75, 3.05) is 11.9 Å². The highest BCUT2D eigenvalue weighted by molar-refractivity contribution is 6.03. The van der Waals surface area contributed by atoms with E-state index >= 15 is 0 Å². The number of nitrogens with one attached hydrogen (secondary N) is 1. The van der Waals surface area contributed by atoms with Crippen LogP contribution in [0.5, 0.6) is 5.75 Å². The van der Waals surface area contributed by atoms with Gasteiger partial charge >= 0.3 is 0 Å². The molecule has 0 fully saturated rings. The fourth-order valence-corrected chi connectivity index (χ4v) is 1.72. The van der Waals surface area contributed by atoms with Gasteiger partial charge in [0, 0.05) is 12.1 Å². The molecule has 1 heterocycles. The minimum Gasteiger partial charge on any atom is -0.494 e. The Morgan fingerprint density at radius 3 is 2.71 bits per heavy atom. The van der Waals surface area contributed by atoms with Crippen molar-refractivity contribution < 1.29 is 9.53 Å². The van der Waals surface area contributed by atoms with Crippen LogP contribution in [0.3, 0.4) is 0 Å². The molecule has 0 atom stereocenters. The van der Waals surface area contributed by atoms with Crippen molar-refractivity contribution in [1.29, 1.82) is 0 Å². The van der Waals surface area contributed by atoms with Crippen molar-refractivity contribution in [3.05, 3.63) is 29.8 Å². The summed E-state index contributed by atoms with van der Waals surface area (Å²) in [5, 5.41) is 13.7. The summed E-state index contributed by atoms with van der Waals surface area (Å²) in [6, 6.07) is 7.01. The van der Waals surface area contributed by atoms with E-state index in [-0.39, 0.29) is 5.91 Å². The molecule has 112 valence electrons. The van der Waals surface area contributed by atoms with Crippen LogP contribution < -0.4 is 10.1 Å². The first-order chi connectivity index (χ1) is 10.2. The Balaban J connectivity index is 1.96. The summed E-state index contributed by atoms with van der Waals surface area (Å²) in [4.78, 5) is 12.1. The molecule has 0 saturated carbocycles. The standard InChI is InChI=1S/C14H19N5O2/c1-3-5-10-21-12-8-6-11(7-9-12)13(20)15-14-16-17-18-19(14)4-2/h6-9H,3-5,10H2,1-2H3,(H,15,16,18,20). The van der Waals surface area contributed by atoms with Gasteiger partial charge in [-0.2, -0.15) is 0 Å². The molecule has 0 aliphatic rings. The number of nitrogens with zero attached hydrogens (tertiary/aromatic N) is 4. The van der Waals surface area contributed by atoms with Crippen molar-refractivity contribution in [3.8, 4) is 5.75 Å². The molecule has 0 unspecified atom stereocenters. The Morgan fingerprint density at radius 1 is 1.29 bits per heavy atom. The SMILES string of the molecule is CCCCOc1ccc(C(=O)Nc2nnnn2CC)cc1. The second-order valence-corrected chi connectivity index (χ2v) is 4.50. The first-order valence-electron chi connectivity index (χ1n) is 7.05. The van der Waals surface area contributed by atoms with E-state index in [4.69, 9.17) is 4.74 Å². The molecule has 0 radical (unpaired) electrons. The summed E-state index contributed by atoms with van der Waals surface area (Å²) >= 11 is 0. The van der Waals surface area contributed by atoms with Crippen LogP contribution in [-0.4, -0.2) is 32.7 Å². The van der Waals surface area contributed by atoms with E-state index in [9.17, 15) is 4.79 Å². The van der Waals surface area contributed by atoms with Crippen molar-refractivity contribution in [2.45, 2.75) is 33.2 Å². The van der Waals surface area contributed by atoms with Gasteiger partial charge in [-0.1, -0.05) is 18.4 Å². The zero-order chi connectivity index (χ0) is 15.1. The maximum absolute atomic E-state index is 12.1. The third-order valence-electron chi connectivity index (χ3n) is 2.94. The number of aromatic nitrogens is 4. The molecule has 1 aromatic heterocycles.